The minimum atomic E-state index is -0.0399. The van der Waals surface area contributed by atoms with E-state index in [1.165, 1.54) is 5.56 Å². The van der Waals surface area contributed by atoms with E-state index >= 15 is 0 Å². The number of thioether (sulfide) groups is 1. The van der Waals surface area contributed by atoms with Crippen LogP contribution < -0.4 is 5.32 Å². The predicted molar refractivity (Wildman–Crippen MR) is 104 cm³/mol. The maximum absolute atomic E-state index is 12.4. The second-order valence-corrected chi connectivity index (χ2v) is 7.08. The topological polar surface area (TPSA) is 59.8 Å². The molecule has 1 atom stereocenters. The van der Waals surface area contributed by atoms with Crippen molar-refractivity contribution in [2.24, 2.45) is 0 Å². The summed E-state index contributed by atoms with van der Waals surface area (Å²) in [5.74, 6) is 0.793. The van der Waals surface area contributed by atoms with Crippen molar-refractivity contribution in [3.8, 4) is 0 Å². The van der Waals surface area contributed by atoms with Crippen LogP contribution in [0.2, 0.25) is 0 Å². The summed E-state index contributed by atoms with van der Waals surface area (Å²) in [4.78, 5) is 16.7. The van der Waals surface area contributed by atoms with Crippen molar-refractivity contribution < 1.29 is 4.79 Å². The lowest BCUT2D eigenvalue weighted by Gasteiger charge is -2.14. The zero-order valence-corrected chi connectivity index (χ0v) is 15.5. The first kappa shape index (κ1) is 18.2. The minimum Gasteiger partial charge on any atom is -0.350 e. The third kappa shape index (κ3) is 5.46. The van der Waals surface area contributed by atoms with Gasteiger partial charge in [0.05, 0.1) is 5.03 Å². The van der Waals surface area contributed by atoms with Crippen LogP contribution >= 0.6 is 11.8 Å². The van der Waals surface area contributed by atoms with E-state index in [1.54, 1.807) is 24.2 Å². The standard InChI is InChI=1S/C20H22N4OS/c1-16(10-14-24-13-4-12-22-24)23-20(25)18-8-6-17(7-9-18)15-26-19-5-2-3-11-21-19/h2-9,11-13,16H,10,14-15H2,1H3,(H,23,25)/t16-/m1/s1. The SMILES string of the molecule is C[C@H](CCn1cccn1)NC(=O)c1ccc(CSc2ccccn2)cc1. The number of carbonyl (C=O) groups is 1. The highest BCUT2D eigenvalue weighted by Gasteiger charge is 2.10. The highest BCUT2D eigenvalue weighted by Crippen LogP contribution is 2.20. The van der Waals surface area contributed by atoms with Crippen LogP contribution in [-0.2, 0) is 12.3 Å². The number of benzene rings is 1. The van der Waals surface area contributed by atoms with Crippen LogP contribution in [0.5, 0.6) is 0 Å². The van der Waals surface area contributed by atoms with Crippen LogP contribution in [0.4, 0.5) is 0 Å². The average Bonchev–Trinajstić information content (AvgIpc) is 3.19. The maximum Gasteiger partial charge on any atom is 0.251 e. The van der Waals surface area contributed by atoms with E-state index in [1.807, 2.05) is 66.3 Å². The summed E-state index contributed by atoms with van der Waals surface area (Å²) in [5.41, 5.74) is 1.85. The van der Waals surface area contributed by atoms with Gasteiger partial charge in [-0.2, -0.15) is 5.10 Å². The number of aryl methyl sites for hydroxylation is 1. The first-order chi connectivity index (χ1) is 12.7. The van der Waals surface area contributed by atoms with E-state index in [-0.39, 0.29) is 11.9 Å². The lowest BCUT2D eigenvalue weighted by molar-refractivity contribution is 0.0937. The Morgan fingerprint density at radius 3 is 2.69 bits per heavy atom. The Morgan fingerprint density at radius 2 is 2.00 bits per heavy atom. The zero-order valence-electron chi connectivity index (χ0n) is 14.7. The zero-order chi connectivity index (χ0) is 18.2. The molecular weight excluding hydrogens is 344 g/mol. The molecule has 0 spiro atoms. The van der Waals surface area contributed by atoms with Crippen LogP contribution in [0.25, 0.3) is 0 Å². The summed E-state index contributed by atoms with van der Waals surface area (Å²) in [6, 6.07) is 15.6. The van der Waals surface area contributed by atoms with Gasteiger partial charge in [0, 0.05) is 42.5 Å². The van der Waals surface area contributed by atoms with Crippen molar-refractivity contribution in [2.45, 2.75) is 36.7 Å². The van der Waals surface area contributed by atoms with E-state index in [0.717, 1.165) is 23.7 Å². The number of nitrogens with zero attached hydrogens (tertiary/aromatic N) is 3. The van der Waals surface area contributed by atoms with Crippen molar-refractivity contribution in [1.29, 1.82) is 0 Å². The first-order valence-electron chi connectivity index (χ1n) is 8.62. The van der Waals surface area contributed by atoms with Crippen molar-refractivity contribution >= 4 is 17.7 Å². The van der Waals surface area contributed by atoms with Gasteiger partial charge in [-0.1, -0.05) is 18.2 Å². The van der Waals surface area contributed by atoms with Crippen LogP contribution in [0.15, 0.2) is 72.1 Å². The molecule has 0 bridgehead atoms. The van der Waals surface area contributed by atoms with E-state index < -0.39 is 0 Å². The second-order valence-electron chi connectivity index (χ2n) is 6.09. The Hall–Kier alpha value is -2.60. The lowest BCUT2D eigenvalue weighted by Crippen LogP contribution is -2.33. The largest absolute Gasteiger partial charge is 0.350 e. The molecule has 6 heteroatoms. The van der Waals surface area contributed by atoms with Gasteiger partial charge >= 0.3 is 0 Å². The van der Waals surface area contributed by atoms with Crippen LogP contribution in [0.1, 0.15) is 29.3 Å². The van der Waals surface area contributed by atoms with Crippen molar-refractivity contribution in [1.82, 2.24) is 20.1 Å². The molecule has 3 aromatic rings. The molecule has 5 nitrogen and oxygen atoms in total. The van der Waals surface area contributed by atoms with Crippen molar-refractivity contribution in [3.63, 3.8) is 0 Å². The van der Waals surface area contributed by atoms with Gasteiger partial charge in [0.1, 0.15) is 0 Å². The van der Waals surface area contributed by atoms with Crippen LogP contribution in [0.3, 0.4) is 0 Å². The number of rotatable bonds is 8. The molecule has 1 N–H and O–H groups in total. The molecule has 2 aromatic heterocycles. The summed E-state index contributed by atoms with van der Waals surface area (Å²) in [5, 5.41) is 8.21. The highest BCUT2D eigenvalue weighted by atomic mass is 32.2. The monoisotopic (exact) mass is 366 g/mol. The van der Waals surface area contributed by atoms with Gasteiger partial charge in [0.25, 0.3) is 5.91 Å². The molecule has 0 aliphatic carbocycles. The molecule has 0 fully saturated rings. The number of pyridine rings is 1. The van der Waals surface area contributed by atoms with Crippen LogP contribution in [-0.4, -0.2) is 26.7 Å². The molecule has 0 radical (unpaired) electrons. The number of amides is 1. The fourth-order valence-corrected chi connectivity index (χ4v) is 3.30. The number of aromatic nitrogens is 3. The fourth-order valence-electron chi connectivity index (χ4n) is 2.48. The molecule has 0 saturated carbocycles. The number of nitrogens with one attached hydrogen (secondary N) is 1. The molecule has 0 saturated heterocycles. The molecule has 0 aliphatic rings. The molecule has 3 rings (SSSR count). The summed E-state index contributed by atoms with van der Waals surface area (Å²) in [7, 11) is 0. The summed E-state index contributed by atoms with van der Waals surface area (Å²) in [6.07, 6.45) is 6.32. The Bertz CT molecular complexity index is 804. The molecule has 2 heterocycles. The first-order valence-corrected chi connectivity index (χ1v) is 9.60. The Balaban J connectivity index is 1.47. The lowest BCUT2D eigenvalue weighted by atomic mass is 10.1. The molecule has 1 amide bonds. The van der Waals surface area contributed by atoms with Crippen molar-refractivity contribution in [2.75, 3.05) is 0 Å². The molecule has 26 heavy (non-hydrogen) atoms. The predicted octanol–water partition coefficient (Wildman–Crippen LogP) is 3.78. The molecule has 134 valence electrons. The van der Waals surface area contributed by atoms with Gasteiger partial charge < -0.3 is 5.32 Å². The number of carbonyl (C=O) groups excluding carboxylic acids is 1. The Kier molecular flexibility index (Phi) is 6.44. The van der Waals surface area contributed by atoms with Gasteiger partial charge in [0.15, 0.2) is 0 Å². The fraction of sp³-hybridized carbons (Fsp3) is 0.250. The smallest absolute Gasteiger partial charge is 0.251 e. The van der Waals surface area contributed by atoms with Crippen molar-refractivity contribution in [3.05, 3.63) is 78.2 Å². The van der Waals surface area contributed by atoms with E-state index in [2.05, 4.69) is 15.4 Å². The molecule has 0 unspecified atom stereocenters. The maximum atomic E-state index is 12.4. The minimum absolute atomic E-state index is 0.0399. The molecule has 1 aromatic carbocycles. The average molecular weight is 366 g/mol. The van der Waals surface area contributed by atoms with E-state index in [0.29, 0.717) is 5.56 Å². The third-order valence-electron chi connectivity index (χ3n) is 3.97. The van der Waals surface area contributed by atoms with Gasteiger partial charge in [-0.05, 0) is 49.2 Å². The quantitative estimate of drug-likeness (QED) is 0.617. The summed E-state index contributed by atoms with van der Waals surface area (Å²) >= 11 is 1.68. The normalized spacial score (nSPS) is 11.9. The van der Waals surface area contributed by atoms with Gasteiger partial charge in [-0.15, -0.1) is 11.8 Å². The Morgan fingerprint density at radius 1 is 1.15 bits per heavy atom. The number of hydrogen-bond acceptors (Lipinski definition) is 4. The van der Waals surface area contributed by atoms with Gasteiger partial charge in [0.2, 0.25) is 0 Å². The van der Waals surface area contributed by atoms with E-state index in [4.69, 9.17) is 0 Å². The molecule has 0 aliphatic heterocycles. The second kappa shape index (κ2) is 9.20. The van der Waals surface area contributed by atoms with E-state index in [9.17, 15) is 4.79 Å². The van der Waals surface area contributed by atoms with Crippen LogP contribution in [0, 0.1) is 0 Å². The highest BCUT2D eigenvalue weighted by molar-refractivity contribution is 7.98. The number of hydrogen-bond donors (Lipinski definition) is 1. The molecular formula is C20H22N4OS. The Labute approximate surface area is 157 Å². The summed E-state index contributed by atoms with van der Waals surface area (Å²) in [6.45, 7) is 2.80. The van der Waals surface area contributed by atoms with Gasteiger partial charge in [-0.25, -0.2) is 4.98 Å². The van der Waals surface area contributed by atoms with Gasteiger partial charge in [-0.3, -0.25) is 9.48 Å². The summed E-state index contributed by atoms with van der Waals surface area (Å²) < 4.78 is 1.87. The third-order valence-corrected chi connectivity index (χ3v) is 4.98.